The Morgan fingerprint density at radius 3 is 2.86 bits per heavy atom. The summed E-state index contributed by atoms with van der Waals surface area (Å²) in [6, 6.07) is 5.74. The summed E-state index contributed by atoms with van der Waals surface area (Å²) in [6.45, 7) is 2.09. The first kappa shape index (κ1) is 11.4. The summed E-state index contributed by atoms with van der Waals surface area (Å²) in [5.74, 6) is 1.14. The van der Waals surface area contributed by atoms with E-state index in [-0.39, 0.29) is 5.84 Å². The van der Waals surface area contributed by atoms with Crippen LogP contribution >= 0.6 is 27.7 Å². The maximum Gasteiger partial charge on any atom is 0.171 e. The first-order valence-electron chi connectivity index (χ1n) is 4.09. The van der Waals surface area contributed by atoms with Gasteiger partial charge in [-0.15, -0.1) is 11.8 Å². The number of nitrogens with zero attached hydrogens (tertiary/aromatic N) is 1. The molecule has 5 heteroatoms. The van der Waals surface area contributed by atoms with Crippen LogP contribution in [0.1, 0.15) is 12.5 Å². The van der Waals surface area contributed by atoms with Gasteiger partial charge in [0.15, 0.2) is 5.84 Å². The van der Waals surface area contributed by atoms with E-state index in [4.69, 9.17) is 10.9 Å². The van der Waals surface area contributed by atoms with Gasteiger partial charge in [-0.2, -0.15) is 0 Å². The van der Waals surface area contributed by atoms with Gasteiger partial charge in [0.2, 0.25) is 0 Å². The van der Waals surface area contributed by atoms with Gasteiger partial charge in [0.25, 0.3) is 0 Å². The lowest BCUT2D eigenvalue weighted by Gasteiger charge is -2.04. The number of rotatable bonds is 3. The van der Waals surface area contributed by atoms with Crippen LogP contribution in [0.3, 0.4) is 0 Å². The molecule has 3 N–H and O–H groups in total. The highest BCUT2D eigenvalue weighted by Crippen LogP contribution is 2.24. The summed E-state index contributed by atoms with van der Waals surface area (Å²) in [7, 11) is 0. The van der Waals surface area contributed by atoms with Crippen LogP contribution in [0.25, 0.3) is 0 Å². The molecule has 1 aromatic rings. The van der Waals surface area contributed by atoms with E-state index in [0.717, 1.165) is 15.1 Å². The van der Waals surface area contributed by atoms with Crippen molar-refractivity contribution in [3.63, 3.8) is 0 Å². The zero-order chi connectivity index (χ0) is 10.6. The molecule has 0 fully saturated rings. The third kappa shape index (κ3) is 2.65. The Hall–Kier alpha value is -0.680. The van der Waals surface area contributed by atoms with E-state index in [2.05, 4.69) is 28.0 Å². The van der Waals surface area contributed by atoms with Gasteiger partial charge in [-0.25, -0.2) is 0 Å². The number of oxime groups is 1. The second-order valence-electron chi connectivity index (χ2n) is 2.56. The molecule has 0 unspecified atom stereocenters. The van der Waals surface area contributed by atoms with Crippen LogP contribution in [0.2, 0.25) is 0 Å². The molecule has 0 heterocycles. The Bertz CT molecular complexity index is 355. The van der Waals surface area contributed by atoms with E-state index < -0.39 is 0 Å². The van der Waals surface area contributed by atoms with Crippen molar-refractivity contribution in [3.05, 3.63) is 28.2 Å². The Morgan fingerprint density at radius 1 is 1.64 bits per heavy atom. The molecule has 3 nitrogen and oxygen atoms in total. The third-order valence-corrected chi connectivity index (χ3v) is 3.17. The van der Waals surface area contributed by atoms with Gasteiger partial charge < -0.3 is 10.9 Å². The van der Waals surface area contributed by atoms with Crippen molar-refractivity contribution in [3.8, 4) is 0 Å². The van der Waals surface area contributed by atoms with E-state index in [1.165, 1.54) is 0 Å². The van der Waals surface area contributed by atoms with Crippen molar-refractivity contribution in [2.75, 3.05) is 5.75 Å². The Labute approximate surface area is 95.5 Å². The summed E-state index contributed by atoms with van der Waals surface area (Å²) >= 11 is 5.12. The van der Waals surface area contributed by atoms with Crippen molar-refractivity contribution in [2.45, 2.75) is 11.8 Å². The van der Waals surface area contributed by atoms with Crippen molar-refractivity contribution in [1.29, 1.82) is 0 Å². The molecule has 76 valence electrons. The third-order valence-electron chi connectivity index (χ3n) is 1.64. The molecule has 1 rings (SSSR count). The van der Waals surface area contributed by atoms with Crippen molar-refractivity contribution < 1.29 is 5.21 Å². The average molecular weight is 275 g/mol. The van der Waals surface area contributed by atoms with Crippen LogP contribution in [0.5, 0.6) is 0 Å². The highest BCUT2D eigenvalue weighted by Gasteiger charge is 2.05. The summed E-state index contributed by atoms with van der Waals surface area (Å²) in [6.07, 6.45) is 0. The van der Waals surface area contributed by atoms with E-state index in [1.54, 1.807) is 11.8 Å². The van der Waals surface area contributed by atoms with Crippen LogP contribution in [-0.2, 0) is 0 Å². The van der Waals surface area contributed by atoms with Crippen LogP contribution in [0, 0.1) is 0 Å². The van der Waals surface area contributed by atoms with Crippen LogP contribution in [0.15, 0.2) is 32.7 Å². The summed E-state index contributed by atoms with van der Waals surface area (Å²) in [5, 5.41) is 11.5. The molecule has 0 amide bonds. The average Bonchev–Trinajstić information content (AvgIpc) is 2.17. The molecule has 0 radical (unpaired) electrons. The van der Waals surface area contributed by atoms with E-state index in [0.29, 0.717) is 5.56 Å². The number of benzene rings is 1. The van der Waals surface area contributed by atoms with Crippen LogP contribution < -0.4 is 5.73 Å². The smallest absolute Gasteiger partial charge is 0.171 e. The Morgan fingerprint density at radius 2 is 2.36 bits per heavy atom. The van der Waals surface area contributed by atoms with Crippen molar-refractivity contribution in [2.24, 2.45) is 10.9 Å². The SMILES string of the molecule is CCSc1ccc(/C(N)=N/O)c(Br)c1. The monoisotopic (exact) mass is 274 g/mol. The molecular formula is C9H11BrN2OS. The minimum absolute atomic E-state index is 0.116. The molecule has 14 heavy (non-hydrogen) atoms. The zero-order valence-corrected chi connectivity index (χ0v) is 10.1. The van der Waals surface area contributed by atoms with E-state index in [9.17, 15) is 0 Å². The summed E-state index contributed by atoms with van der Waals surface area (Å²) < 4.78 is 0.839. The van der Waals surface area contributed by atoms with Gasteiger partial charge in [0, 0.05) is 14.9 Å². The highest BCUT2D eigenvalue weighted by molar-refractivity contribution is 9.10. The van der Waals surface area contributed by atoms with Crippen LogP contribution in [-0.4, -0.2) is 16.8 Å². The maximum absolute atomic E-state index is 8.52. The normalized spacial score (nSPS) is 11.7. The minimum Gasteiger partial charge on any atom is -0.409 e. The first-order chi connectivity index (χ1) is 6.69. The van der Waals surface area contributed by atoms with Crippen molar-refractivity contribution in [1.82, 2.24) is 0 Å². The molecule has 0 bridgehead atoms. The van der Waals surface area contributed by atoms with Gasteiger partial charge in [0.1, 0.15) is 0 Å². The number of thioether (sulfide) groups is 1. The molecule has 0 aliphatic rings. The summed E-state index contributed by atoms with van der Waals surface area (Å²) in [4.78, 5) is 1.16. The highest BCUT2D eigenvalue weighted by atomic mass is 79.9. The molecule has 0 spiro atoms. The zero-order valence-electron chi connectivity index (χ0n) is 7.70. The number of hydrogen-bond acceptors (Lipinski definition) is 3. The fourth-order valence-corrected chi connectivity index (χ4v) is 2.45. The topological polar surface area (TPSA) is 58.6 Å². The molecule has 0 saturated carbocycles. The Balaban J connectivity index is 3.01. The van der Waals surface area contributed by atoms with Crippen molar-refractivity contribution >= 4 is 33.5 Å². The second-order valence-corrected chi connectivity index (χ2v) is 4.75. The molecule has 0 saturated heterocycles. The largest absolute Gasteiger partial charge is 0.409 e. The van der Waals surface area contributed by atoms with Crippen LogP contribution in [0.4, 0.5) is 0 Å². The van der Waals surface area contributed by atoms with Gasteiger partial charge in [0.05, 0.1) is 0 Å². The number of amidine groups is 1. The summed E-state index contributed by atoms with van der Waals surface area (Å²) in [5.41, 5.74) is 6.18. The minimum atomic E-state index is 0.116. The number of hydrogen-bond donors (Lipinski definition) is 2. The predicted molar refractivity (Wildman–Crippen MR) is 63.1 cm³/mol. The second kappa shape index (κ2) is 5.26. The standard InChI is InChI=1S/C9H11BrN2OS/c1-2-14-6-3-4-7(8(10)5-6)9(11)12-13/h3-5,13H,2H2,1H3,(H2,11,12). The lowest BCUT2D eigenvalue weighted by Crippen LogP contribution is -2.13. The molecule has 0 aliphatic heterocycles. The quantitative estimate of drug-likeness (QED) is 0.293. The van der Waals surface area contributed by atoms with E-state index in [1.807, 2.05) is 18.2 Å². The van der Waals surface area contributed by atoms with Gasteiger partial charge in [-0.05, 0) is 39.9 Å². The van der Waals surface area contributed by atoms with E-state index >= 15 is 0 Å². The van der Waals surface area contributed by atoms with Gasteiger partial charge in [-0.1, -0.05) is 12.1 Å². The molecular weight excluding hydrogens is 264 g/mol. The number of nitrogens with two attached hydrogens (primary N) is 1. The number of halogens is 1. The van der Waals surface area contributed by atoms with Gasteiger partial charge in [-0.3, -0.25) is 0 Å². The molecule has 1 aromatic carbocycles. The molecule has 0 aliphatic carbocycles. The lowest BCUT2D eigenvalue weighted by molar-refractivity contribution is 0.318. The molecule has 0 atom stereocenters. The maximum atomic E-state index is 8.52. The fraction of sp³-hybridized carbons (Fsp3) is 0.222. The molecule has 0 aromatic heterocycles. The predicted octanol–water partition coefficient (Wildman–Crippen LogP) is 2.66. The van der Waals surface area contributed by atoms with Gasteiger partial charge >= 0.3 is 0 Å². The fourth-order valence-electron chi connectivity index (χ4n) is 1.01. The Kier molecular flexibility index (Phi) is 4.28. The lowest BCUT2D eigenvalue weighted by atomic mass is 10.2. The first-order valence-corrected chi connectivity index (χ1v) is 5.87.